The van der Waals surface area contributed by atoms with Crippen LogP contribution in [0.25, 0.3) is 10.8 Å². The molecule has 0 fully saturated rings. The number of thiophene rings is 1. The topological polar surface area (TPSA) is 68.0 Å². The van der Waals surface area contributed by atoms with Gasteiger partial charge in [0.2, 0.25) is 0 Å². The van der Waals surface area contributed by atoms with Crippen molar-refractivity contribution in [3.63, 3.8) is 0 Å². The molecule has 0 saturated carbocycles. The SMILES string of the molecule is Nc1ncc(C(=O)Nc2ccsc2)c2ccccc12. The Labute approximate surface area is 113 Å². The van der Waals surface area contributed by atoms with Crippen molar-refractivity contribution in [2.75, 3.05) is 11.1 Å². The Morgan fingerprint density at radius 3 is 2.74 bits per heavy atom. The molecule has 3 rings (SSSR count). The Hall–Kier alpha value is -2.40. The standard InChI is InChI=1S/C14H11N3OS/c15-13-11-4-2-1-3-10(11)12(7-16-13)14(18)17-9-5-6-19-8-9/h1-8H,(H2,15,16)(H,17,18). The van der Waals surface area contributed by atoms with Crippen LogP contribution in [-0.2, 0) is 0 Å². The van der Waals surface area contributed by atoms with E-state index in [9.17, 15) is 4.79 Å². The molecule has 3 N–H and O–H groups in total. The summed E-state index contributed by atoms with van der Waals surface area (Å²) in [6.07, 6.45) is 1.51. The third-order valence-corrected chi connectivity index (χ3v) is 3.53. The number of anilines is 2. The Morgan fingerprint density at radius 1 is 1.21 bits per heavy atom. The second-order valence-corrected chi connectivity index (χ2v) is 4.85. The molecule has 1 amide bonds. The normalized spacial score (nSPS) is 10.5. The summed E-state index contributed by atoms with van der Waals surface area (Å²) in [4.78, 5) is 16.3. The highest BCUT2D eigenvalue weighted by Gasteiger charge is 2.12. The molecule has 2 heterocycles. The van der Waals surface area contributed by atoms with Crippen molar-refractivity contribution in [3.05, 3.63) is 52.9 Å². The van der Waals surface area contributed by atoms with Gasteiger partial charge in [-0.2, -0.15) is 11.3 Å². The third-order valence-electron chi connectivity index (χ3n) is 2.85. The number of nitrogens with zero attached hydrogens (tertiary/aromatic N) is 1. The summed E-state index contributed by atoms with van der Waals surface area (Å²) >= 11 is 1.53. The first-order chi connectivity index (χ1) is 9.25. The number of nitrogens with two attached hydrogens (primary N) is 1. The lowest BCUT2D eigenvalue weighted by molar-refractivity contribution is 0.102. The third kappa shape index (κ3) is 2.15. The van der Waals surface area contributed by atoms with Crippen molar-refractivity contribution in [2.45, 2.75) is 0 Å². The van der Waals surface area contributed by atoms with Gasteiger partial charge in [-0.15, -0.1) is 0 Å². The van der Waals surface area contributed by atoms with Crippen LogP contribution in [-0.4, -0.2) is 10.9 Å². The fourth-order valence-electron chi connectivity index (χ4n) is 1.93. The number of fused-ring (bicyclic) bond motifs is 1. The molecular weight excluding hydrogens is 258 g/mol. The van der Waals surface area contributed by atoms with E-state index < -0.39 is 0 Å². The summed E-state index contributed by atoms with van der Waals surface area (Å²) in [5.41, 5.74) is 7.13. The van der Waals surface area contributed by atoms with Crippen LogP contribution in [0, 0.1) is 0 Å². The fraction of sp³-hybridized carbons (Fsp3) is 0. The second kappa shape index (κ2) is 4.70. The first-order valence-corrected chi connectivity index (χ1v) is 6.67. The zero-order chi connectivity index (χ0) is 13.2. The largest absolute Gasteiger partial charge is 0.383 e. The predicted molar refractivity (Wildman–Crippen MR) is 78.4 cm³/mol. The van der Waals surface area contributed by atoms with Gasteiger partial charge in [0.15, 0.2) is 0 Å². The first-order valence-electron chi connectivity index (χ1n) is 5.72. The Bertz CT molecular complexity index is 738. The number of pyridine rings is 1. The summed E-state index contributed by atoms with van der Waals surface area (Å²) in [5, 5.41) is 8.23. The van der Waals surface area contributed by atoms with Crippen LogP contribution in [0.15, 0.2) is 47.3 Å². The summed E-state index contributed by atoms with van der Waals surface area (Å²) in [6, 6.07) is 9.34. The highest BCUT2D eigenvalue weighted by Crippen LogP contribution is 2.23. The number of amides is 1. The molecule has 0 spiro atoms. The lowest BCUT2D eigenvalue weighted by Gasteiger charge is -2.07. The van der Waals surface area contributed by atoms with Gasteiger partial charge >= 0.3 is 0 Å². The maximum atomic E-state index is 12.3. The number of hydrogen-bond acceptors (Lipinski definition) is 4. The minimum atomic E-state index is -0.179. The van der Waals surface area contributed by atoms with E-state index in [4.69, 9.17) is 5.73 Å². The van der Waals surface area contributed by atoms with Gasteiger partial charge in [-0.3, -0.25) is 4.79 Å². The van der Waals surface area contributed by atoms with Crippen molar-refractivity contribution in [1.82, 2.24) is 4.98 Å². The molecule has 2 aromatic heterocycles. The molecule has 0 atom stereocenters. The van der Waals surface area contributed by atoms with E-state index in [0.29, 0.717) is 11.4 Å². The number of rotatable bonds is 2. The fourth-order valence-corrected chi connectivity index (χ4v) is 2.52. The zero-order valence-corrected chi connectivity index (χ0v) is 10.8. The van der Waals surface area contributed by atoms with Crippen LogP contribution < -0.4 is 11.1 Å². The van der Waals surface area contributed by atoms with Gasteiger partial charge in [0, 0.05) is 17.0 Å². The summed E-state index contributed by atoms with van der Waals surface area (Å²) in [6.45, 7) is 0. The van der Waals surface area contributed by atoms with Crippen molar-refractivity contribution in [1.29, 1.82) is 0 Å². The van der Waals surface area contributed by atoms with Crippen molar-refractivity contribution < 1.29 is 4.79 Å². The van der Waals surface area contributed by atoms with E-state index in [0.717, 1.165) is 16.5 Å². The molecule has 4 nitrogen and oxygen atoms in total. The van der Waals surface area contributed by atoms with E-state index in [1.54, 1.807) is 0 Å². The molecule has 5 heteroatoms. The molecular formula is C14H11N3OS. The number of nitrogens with one attached hydrogen (secondary N) is 1. The van der Waals surface area contributed by atoms with Gasteiger partial charge in [0.05, 0.1) is 11.3 Å². The number of hydrogen-bond donors (Lipinski definition) is 2. The molecule has 0 radical (unpaired) electrons. The van der Waals surface area contributed by atoms with Gasteiger partial charge in [0.25, 0.3) is 5.91 Å². The number of carbonyl (C=O) groups is 1. The van der Waals surface area contributed by atoms with Crippen molar-refractivity contribution in [3.8, 4) is 0 Å². The number of nitrogen functional groups attached to an aromatic ring is 1. The molecule has 0 unspecified atom stereocenters. The Kier molecular flexibility index (Phi) is 2.89. The van der Waals surface area contributed by atoms with Crippen LogP contribution in [0.5, 0.6) is 0 Å². The minimum absolute atomic E-state index is 0.179. The molecule has 0 saturated heterocycles. The predicted octanol–water partition coefficient (Wildman–Crippen LogP) is 3.13. The summed E-state index contributed by atoms with van der Waals surface area (Å²) in [5.74, 6) is 0.254. The maximum absolute atomic E-state index is 12.3. The first kappa shape index (κ1) is 11.7. The smallest absolute Gasteiger partial charge is 0.257 e. The maximum Gasteiger partial charge on any atom is 0.257 e. The highest BCUT2D eigenvalue weighted by atomic mass is 32.1. The molecule has 1 aromatic carbocycles. The quantitative estimate of drug-likeness (QED) is 0.751. The minimum Gasteiger partial charge on any atom is -0.383 e. The number of benzene rings is 1. The van der Waals surface area contributed by atoms with E-state index in [1.165, 1.54) is 17.5 Å². The van der Waals surface area contributed by atoms with E-state index in [1.807, 2.05) is 41.1 Å². The molecule has 0 aliphatic heterocycles. The van der Waals surface area contributed by atoms with Gasteiger partial charge in [0.1, 0.15) is 5.82 Å². The van der Waals surface area contributed by atoms with Gasteiger partial charge in [-0.05, 0) is 16.8 Å². The highest BCUT2D eigenvalue weighted by molar-refractivity contribution is 7.08. The van der Waals surface area contributed by atoms with E-state index in [-0.39, 0.29) is 5.91 Å². The molecule has 94 valence electrons. The van der Waals surface area contributed by atoms with Crippen LogP contribution in [0.3, 0.4) is 0 Å². The van der Waals surface area contributed by atoms with Gasteiger partial charge in [-0.25, -0.2) is 4.98 Å². The molecule has 0 bridgehead atoms. The number of carbonyl (C=O) groups excluding carboxylic acids is 1. The second-order valence-electron chi connectivity index (χ2n) is 4.07. The molecule has 19 heavy (non-hydrogen) atoms. The van der Waals surface area contributed by atoms with Crippen LogP contribution in [0.4, 0.5) is 11.5 Å². The van der Waals surface area contributed by atoms with Crippen LogP contribution in [0.1, 0.15) is 10.4 Å². The van der Waals surface area contributed by atoms with E-state index in [2.05, 4.69) is 10.3 Å². The van der Waals surface area contributed by atoms with Gasteiger partial charge in [-0.1, -0.05) is 24.3 Å². The van der Waals surface area contributed by atoms with Crippen molar-refractivity contribution >= 4 is 39.5 Å². The van der Waals surface area contributed by atoms with E-state index >= 15 is 0 Å². The molecule has 0 aliphatic carbocycles. The van der Waals surface area contributed by atoms with Crippen LogP contribution in [0.2, 0.25) is 0 Å². The summed E-state index contributed by atoms with van der Waals surface area (Å²) in [7, 11) is 0. The number of aromatic nitrogens is 1. The monoisotopic (exact) mass is 269 g/mol. The average molecular weight is 269 g/mol. The Balaban J connectivity index is 2.05. The lowest BCUT2D eigenvalue weighted by atomic mass is 10.1. The van der Waals surface area contributed by atoms with Crippen molar-refractivity contribution in [2.24, 2.45) is 0 Å². The molecule has 3 aromatic rings. The summed E-state index contributed by atoms with van der Waals surface area (Å²) < 4.78 is 0. The lowest BCUT2D eigenvalue weighted by Crippen LogP contribution is -2.12. The van der Waals surface area contributed by atoms with Crippen LogP contribution >= 0.6 is 11.3 Å². The van der Waals surface area contributed by atoms with Gasteiger partial charge < -0.3 is 11.1 Å². The molecule has 0 aliphatic rings. The zero-order valence-electron chi connectivity index (χ0n) is 9.96. The Morgan fingerprint density at radius 2 is 2.00 bits per heavy atom. The average Bonchev–Trinajstić information content (AvgIpc) is 2.92.